The van der Waals surface area contributed by atoms with Gasteiger partial charge in [-0.2, -0.15) is 0 Å². The van der Waals surface area contributed by atoms with Crippen LogP contribution in [0.15, 0.2) is 29.3 Å². The van der Waals surface area contributed by atoms with Crippen LogP contribution in [0.1, 0.15) is 70.3 Å². The van der Waals surface area contributed by atoms with Crippen LogP contribution in [0.4, 0.5) is 0 Å². The number of piperidine rings is 1. The molecular formula is C23H31ClN2. The number of likely N-dealkylation sites (tertiary alicyclic amines) is 1. The third kappa shape index (κ3) is 2.33. The zero-order valence-electron chi connectivity index (χ0n) is 16.0. The Bertz CT molecular complexity index is 697. The van der Waals surface area contributed by atoms with Crippen LogP contribution in [0.5, 0.6) is 0 Å². The molecule has 0 aromatic heterocycles. The molecule has 3 saturated carbocycles. The van der Waals surface area contributed by atoms with Gasteiger partial charge in [-0.3, -0.25) is 4.99 Å². The number of fused-ring (bicyclic) bond motifs is 2. The second-order valence-corrected chi connectivity index (χ2v) is 9.69. The van der Waals surface area contributed by atoms with Gasteiger partial charge in [0.05, 0.1) is 11.4 Å². The number of hydrogen-bond acceptors (Lipinski definition) is 2. The van der Waals surface area contributed by atoms with Gasteiger partial charge in [0.25, 0.3) is 0 Å². The van der Waals surface area contributed by atoms with Gasteiger partial charge >= 0.3 is 0 Å². The quantitative estimate of drug-likeness (QED) is 0.606. The van der Waals surface area contributed by atoms with E-state index in [0.717, 1.165) is 16.9 Å². The van der Waals surface area contributed by atoms with E-state index in [0.29, 0.717) is 0 Å². The molecule has 2 nitrogen and oxygen atoms in total. The SMILES string of the molecule is CC1(c2ccc(Cl)cc2)C2CCC(CC2)C12CCC(N1CCCCC1)=N2. The zero-order chi connectivity index (χ0) is 17.8. The van der Waals surface area contributed by atoms with Crippen molar-refractivity contribution in [2.45, 2.75) is 75.7 Å². The molecule has 5 aliphatic rings. The second kappa shape index (κ2) is 6.26. The number of rotatable bonds is 1. The number of aliphatic imine (C=N–C) groups is 1. The summed E-state index contributed by atoms with van der Waals surface area (Å²) in [4.78, 5) is 8.26. The molecule has 1 spiro atoms. The van der Waals surface area contributed by atoms with Crippen LogP contribution < -0.4 is 0 Å². The molecule has 140 valence electrons. The summed E-state index contributed by atoms with van der Waals surface area (Å²) in [5, 5.41) is 0.844. The maximum atomic E-state index is 6.22. The minimum atomic E-state index is 0.120. The van der Waals surface area contributed by atoms with Gasteiger partial charge in [-0.1, -0.05) is 30.7 Å². The number of halogens is 1. The first-order valence-corrected chi connectivity index (χ1v) is 11.1. The molecule has 2 bridgehead atoms. The van der Waals surface area contributed by atoms with E-state index in [-0.39, 0.29) is 11.0 Å². The molecule has 3 aliphatic carbocycles. The van der Waals surface area contributed by atoms with Gasteiger partial charge < -0.3 is 4.90 Å². The largest absolute Gasteiger partial charge is 0.360 e. The van der Waals surface area contributed by atoms with Gasteiger partial charge in [0.2, 0.25) is 0 Å². The Balaban J connectivity index is 1.58. The summed E-state index contributed by atoms with van der Waals surface area (Å²) in [7, 11) is 0. The van der Waals surface area contributed by atoms with Crippen LogP contribution in [0.3, 0.4) is 0 Å². The van der Waals surface area contributed by atoms with E-state index in [1.807, 2.05) is 0 Å². The number of amidine groups is 1. The number of nitrogens with zero attached hydrogens (tertiary/aromatic N) is 2. The van der Waals surface area contributed by atoms with E-state index in [4.69, 9.17) is 16.6 Å². The minimum Gasteiger partial charge on any atom is -0.360 e. The van der Waals surface area contributed by atoms with Crippen molar-refractivity contribution in [3.8, 4) is 0 Å². The number of benzene rings is 1. The van der Waals surface area contributed by atoms with Crippen LogP contribution in [0, 0.1) is 11.8 Å². The fourth-order valence-corrected chi connectivity index (χ4v) is 7.03. The van der Waals surface area contributed by atoms with Crippen molar-refractivity contribution in [2.24, 2.45) is 16.8 Å². The third-order valence-electron chi connectivity index (χ3n) is 8.34. The highest BCUT2D eigenvalue weighted by Crippen LogP contribution is 2.63. The van der Waals surface area contributed by atoms with Gasteiger partial charge in [0.1, 0.15) is 0 Å². The summed E-state index contributed by atoms with van der Waals surface area (Å²) in [5.41, 5.74) is 1.75. The van der Waals surface area contributed by atoms with Gasteiger partial charge in [-0.15, -0.1) is 0 Å². The lowest BCUT2D eigenvalue weighted by Gasteiger charge is -2.61. The van der Waals surface area contributed by atoms with Crippen LogP contribution in [0.25, 0.3) is 0 Å². The maximum absolute atomic E-state index is 6.22. The predicted octanol–water partition coefficient (Wildman–Crippen LogP) is 5.83. The average Bonchev–Trinajstić information content (AvgIpc) is 3.14. The first kappa shape index (κ1) is 17.1. The van der Waals surface area contributed by atoms with Gasteiger partial charge in [0, 0.05) is 29.9 Å². The summed E-state index contributed by atoms with van der Waals surface area (Å²) < 4.78 is 0. The molecular weight excluding hydrogens is 340 g/mol. The van der Waals surface area contributed by atoms with E-state index >= 15 is 0 Å². The molecule has 1 aromatic carbocycles. The van der Waals surface area contributed by atoms with E-state index < -0.39 is 0 Å². The van der Waals surface area contributed by atoms with Gasteiger partial charge in [-0.05, 0) is 80.9 Å². The molecule has 6 rings (SSSR count). The van der Waals surface area contributed by atoms with Crippen molar-refractivity contribution in [1.29, 1.82) is 0 Å². The highest BCUT2D eigenvalue weighted by atomic mass is 35.5. The average molecular weight is 371 g/mol. The molecule has 1 aromatic rings. The molecule has 26 heavy (non-hydrogen) atoms. The topological polar surface area (TPSA) is 15.6 Å². The van der Waals surface area contributed by atoms with Crippen molar-refractivity contribution in [1.82, 2.24) is 4.90 Å². The van der Waals surface area contributed by atoms with Crippen molar-refractivity contribution >= 4 is 17.4 Å². The fraction of sp³-hybridized carbons (Fsp3) is 0.696. The molecule has 2 atom stereocenters. The summed E-state index contributed by atoms with van der Waals surface area (Å²) >= 11 is 6.22. The number of hydrogen-bond donors (Lipinski definition) is 0. The molecule has 0 radical (unpaired) electrons. The van der Waals surface area contributed by atoms with E-state index in [1.165, 1.54) is 82.3 Å². The lowest BCUT2D eigenvalue weighted by Crippen LogP contribution is -2.62. The van der Waals surface area contributed by atoms with E-state index in [1.54, 1.807) is 0 Å². The Hall–Kier alpha value is -1.02. The predicted molar refractivity (Wildman–Crippen MR) is 109 cm³/mol. The Kier molecular flexibility index (Phi) is 4.12. The fourth-order valence-electron chi connectivity index (χ4n) is 6.90. The first-order valence-electron chi connectivity index (χ1n) is 10.7. The Morgan fingerprint density at radius 3 is 2.31 bits per heavy atom. The maximum Gasteiger partial charge on any atom is 0.0997 e. The van der Waals surface area contributed by atoms with Crippen LogP contribution in [0.2, 0.25) is 5.02 Å². The molecule has 4 fully saturated rings. The molecule has 3 heteroatoms. The third-order valence-corrected chi connectivity index (χ3v) is 8.59. The van der Waals surface area contributed by atoms with Crippen LogP contribution in [-0.4, -0.2) is 29.4 Å². The van der Waals surface area contributed by atoms with Crippen molar-refractivity contribution in [2.75, 3.05) is 13.1 Å². The Morgan fingerprint density at radius 1 is 0.962 bits per heavy atom. The minimum absolute atomic E-state index is 0.120. The summed E-state index contributed by atoms with van der Waals surface area (Å²) in [5.74, 6) is 2.95. The van der Waals surface area contributed by atoms with Crippen molar-refractivity contribution in [3.63, 3.8) is 0 Å². The monoisotopic (exact) mass is 370 g/mol. The van der Waals surface area contributed by atoms with Crippen molar-refractivity contribution < 1.29 is 0 Å². The Morgan fingerprint density at radius 2 is 1.62 bits per heavy atom. The highest BCUT2D eigenvalue weighted by Gasteiger charge is 2.63. The zero-order valence-corrected chi connectivity index (χ0v) is 16.8. The van der Waals surface area contributed by atoms with E-state index in [9.17, 15) is 0 Å². The first-order chi connectivity index (χ1) is 12.6. The van der Waals surface area contributed by atoms with Crippen LogP contribution in [-0.2, 0) is 5.41 Å². The molecule has 2 aliphatic heterocycles. The second-order valence-electron chi connectivity index (χ2n) is 9.26. The molecule has 0 amide bonds. The summed E-state index contributed by atoms with van der Waals surface area (Å²) in [6.07, 6.45) is 12.0. The smallest absolute Gasteiger partial charge is 0.0997 e. The lowest BCUT2D eigenvalue weighted by molar-refractivity contribution is -0.0199. The lowest BCUT2D eigenvalue weighted by atomic mass is 9.45. The Labute approximate surface area is 163 Å². The summed E-state index contributed by atoms with van der Waals surface area (Å²) in [6.45, 7) is 4.98. The molecule has 2 heterocycles. The molecule has 0 N–H and O–H groups in total. The highest BCUT2D eigenvalue weighted by molar-refractivity contribution is 6.30. The molecule has 2 unspecified atom stereocenters. The molecule has 1 saturated heterocycles. The van der Waals surface area contributed by atoms with E-state index in [2.05, 4.69) is 36.1 Å². The van der Waals surface area contributed by atoms with Gasteiger partial charge in [0.15, 0.2) is 0 Å². The standard InChI is InChI=1S/C23H31ClN2/c1-22(18-9-11-20(24)12-10-18)17-5-7-19(8-6-17)23(22)14-13-21(25-23)26-15-3-2-4-16-26/h9-12,17,19H,2-8,13-16H2,1H3. The van der Waals surface area contributed by atoms with Gasteiger partial charge in [-0.25, -0.2) is 0 Å². The normalized spacial score (nSPS) is 39.5. The summed E-state index contributed by atoms with van der Waals surface area (Å²) in [6, 6.07) is 8.75. The van der Waals surface area contributed by atoms with Crippen molar-refractivity contribution in [3.05, 3.63) is 34.9 Å². The van der Waals surface area contributed by atoms with Crippen LogP contribution >= 0.6 is 11.6 Å².